The van der Waals surface area contributed by atoms with Crippen LogP contribution in [0.25, 0.3) is 0 Å². The van der Waals surface area contributed by atoms with Crippen LogP contribution in [0.5, 0.6) is 0 Å². The van der Waals surface area contributed by atoms with Gasteiger partial charge < -0.3 is 10.4 Å². The third-order valence-corrected chi connectivity index (χ3v) is 4.27. The molecule has 1 aliphatic rings. The molecule has 3 nitrogen and oxygen atoms in total. The quantitative estimate of drug-likeness (QED) is 0.802. The van der Waals surface area contributed by atoms with Gasteiger partial charge in [0.1, 0.15) is 0 Å². The lowest BCUT2D eigenvalue weighted by molar-refractivity contribution is 0.128. The van der Waals surface area contributed by atoms with Crippen molar-refractivity contribution in [2.45, 2.75) is 38.8 Å². The summed E-state index contributed by atoms with van der Waals surface area (Å²) in [5, 5.41) is 12.8. The van der Waals surface area contributed by atoms with Crippen LogP contribution in [-0.2, 0) is 6.54 Å². The van der Waals surface area contributed by atoms with Crippen LogP contribution in [0.4, 0.5) is 0 Å². The van der Waals surface area contributed by atoms with Crippen molar-refractivity contribution in [1.82, 2.24) is 10.2 Å². The molecule has 1 aromatic carbocycles. The standard InChI is InChI=1S/C17H28N2O/c1-2-18-17(10-12-20)16-9-6-11-19(14-16)13-15-7-4-3-5-8-15/h3-5,7-8,16-18,20H,2,6,9-14H2,1H3/t16-,17+/m0/s1. The lowest BCUT2D eigenvalue weighted by Gasteiger charge is -2.37. The number of aliphatic hydroxyl groups is 1. The van der Waals surface area contributed by atoms with Gasteiger partial charge in [0.05, 0.1) is 0 Å². The van der Waals surface area contributed by atoms with Gasteiger partial charge in [0.25, 0.3) is 0 Å². The van der Waals surface area contributed by atoms with Crippen LogP contribution < -0.4 is 5.32 Å². The van der Waals surface area contributed by atoms with E-state index >= 15 is 0 Å². The monoisotopic (exact) mass is 276 g/mol. The summed E-state index contributed by atoms with van der Waals surface area (Å²) in [5.41, 5.74) is 1.40. The first kappa shape index (κ1) is 15.5. The fourth-order valence-corrected chi connectivity index (χ4v) is 3.31. The minimum atomic E-state index is 0.285. The molecule has 0 amide bonds. The molecule has 2 rings (SSSR count). The predicted molar refractivity (Wildman–Crippen MR) is 83.6 cm³/mol. The summed E-state index contributed by atoms with van der Waals surface area (Å²) in [6, 6.07) is 11.2. The van der Waals surface area contributed by atoms with Crippen LogP contribution in [0.15, 0.2) is 30.3 Å². The first-order chi connectivity index (χ1) is 9.83. The fourth-order valence-electron chi connectivity index (χ4n) is 3.31. The van der Waals surface area contributed by atoms with Crippen molar-refractivity contribution < 1.29 is 5.11 Å². The Balaban J connectivity index is 1.90. The van der Waals surface area contributed by atoms with Crippen molar-refractivity contribution in [1.29, 1.82) is 0 Å². The molecule has 0 aliphatic carbocycles. The van der Waals surface area contributed by atoms with E-state index in [0.29, 0.717) is 12.0 Å². The Labute approximate surface area is 123 Å². The third kappa shape index (κ3) is 4.58. The van der Waals surface area contributed by atoms with Gasteiger partial charge in [-0.1, -0.05) is 37.3 Å². The molecule has 1 heterocycles. The highest BCUT2D eigenvalue weighted by molar-refractivity contribution is 5.14. The van der Waals surface area contributed by atoms with E-state index in [0.717, 1.165) is 26.1 Å². The molecule has 3 heteroatoms. The second-order valence-corrected chi connectivity index (χ2v) is 5.80. The van der Waals surface area contributed by atoms with Gasteiger partial charge in [-0.2, -0.15) is 0 Å². The van der Waals surface area contributed by atoms with E-state index in [1.54, 1.807) is 0 Å². The molecule has 1 saturated heterocycles. The number of hydrogen-bond acceptors (Lipinski definition) is 3. The summed E-state index contributed by atoms with van der Waals surface area (Å²) in [5.74, 6) is 0.666. The molecule has 0 aromatic heterocycles. The predicted octanol–water partition coefficient (Wildman–Crippen LogP) is 2.26. The Bertz CT molecular complexity index is 363. The highest BCUT2D eigenvalue weighted by Gasteiger charge is 2.26. The summed E-state index contributed by atoms with van der Waals surface area (Å²) in [6.07, 6.45) is 3.42. The van der Waals surface area contributed by atoms with Crippen molar-refractivity contribution in [3.8, 4) is 0 Å². The highest BCUT2D eigenvalue weighted by Crippen LogP contribution is 2.23. The van der Waals surface area contributed by atoms with Gasteiger partial charge in [-0.25, -0.2) is 0 Å². The number of benzene rings is 1. The fraction of sp³-hybridized carbons (Fsp3) is 0.647. The summed E-state index contributed by atoms with van der Waals surface area (Å²) in [6.45, 7) is 6.81. The molecule has 1 aliphatic heterocycles. The van der Waals surface area contributed by atoms with Gasteiger partial charge in [-0.05, 0) is 43.8 Å². The van der Waals surface area contributed by atoms with Crippen LogP contribution in [0.2, 0.25) is 0 Å². The van der Waals surface area contributed by atoms with Gasteiger partial charge in [0, 0.05) is 25.7 Å². The summed E-state index contributed by atoms with van der Waals surface area (Å²) in [7, 11) is 0. The summed E-state index contributed by atoms with van der Waals surface area (Å²) >= 11 is 0. The zero-order valence-electron chi connectivity index (χ0n) is 12.6. The Hall–Kier alpha value is -0.900. The summed E-state index contributed by atoms with van der Waals surface area (Å²) < 4.78 is 0. The molecule has 0 saturated carbocycles. The van der Waals surface area contributed by atoms with Crippen molar-refractivity contribution >= 4 is 0 Å². The van der Waals surface area contributed by atoms with Gasteiger partial charge >= 0.3 is 0 Å². The van der Waals surface area contributed by atoms with Crippen LogP contribution >= 0.6 is 0 Å². The van der Waals surface area contributed by atoms with E-state index < -0.39 is 0 Å². The topological polar surface area (TPSA) is 35.5 Å². The maximum atomic E-state index is 9.24. The normalized spacial score (nSPS) is 21.8. The van der Waals surface area contributed by atoms with E-state index in [-0.39, 0.29) is 6.61 Å². The molecule has 112 valence electrons. The smallest absolute Gasteiger partial charge is 0.0445 e. The second kappa shape index (κ2) is 8.40. The van der Waals surface area contributed by atoms with E-state index in [1.165, 1.54) is 24.9 Å². The SMILES string of the molecule is CCN[C@H](CCO)[C@H]1CCCN(Cc2ccccc2)C1. The number of rotatable bonds is 7. The molecule has 0 spiro atoms. The van der Waals surface area contributed by atoms with Crippen LogP contribution in [0.3, 0.4) is 0 Å². The Morgan fingerprint density at radius 1 is 1.35 bits per heavy atom. The molecule has 2 N–H and O–H groups in total. The molecular formula is C17H28N2O. The van der Waals surface area contributed by atoms with Crippen molar-refractivity contribution in [2.24, 2.45) is 5.92 Å². The molecular weight excluding hydrogens is 248 g/mol. The largest absolute Gasteiger partial charge is 0.396 e. The van der Waals surface area contributed by atoms with Crippen LogP contribution in [-0.4, -0.2) is 42.3 Å². The lowest BCUT2D eigenvalue weighted by Crippen LogP contribution is -2.45. The van der Waals surface area contributed by atoms with Crippen LogP contribution in [0, 0.1) is 5.92 Å². The molecule has 0 bridgehead atoms. The Kier molecular flexibility index (Phi) is 6.51. The Morgan fingerprint density at radius 2 is 2.15 bits per heavy atom. The van der Waals surface area contributed by atoms with Gasteiger partial charge in [-0.3, -0.25) is 4.90 Å². The second-order valence-electron chi connectivity index (χ2n) is 5.80. The number of aliphatic hydroxyl groups excluding tert-OH is 1. The zero-order valence-corrected chi connectivity index (χ0v) is 12.6. The zero-order chi connectivity index (χ0) is 14.2. The average Bonchev–Trinajstić information content (AvgIpc) is 2.48. The lowest BCUT2D eigenvalue weighted by atomic mass is 9.88. The maximum absolute atomic E-state index is 9.24. The van der Waals surface area contributed by atoms with E-state index in [4.69, 9.17) is 0 Å². The molecule has 0 radical (unpaired) electrons. The molecule has 2 atom stereocenters. The summed E-state index contributed by atoms with van der Waals surface area (Å²) in [4.78, 5) is 2.56. The van der Waals surface area contributed by atoms with Crippen molar-refractivity contribution in [2.75, 3.05) is 26.2 Å². The minimum absolute atomic E-state index is 0.285. The number of hydrogen-bond donors (Lipinski definition) is 2. The van der Waals surface area contributed by atoms with E-state index in [1.807, 2.05) is 0 Å². The first-order valence-corrected chi connectivity index (χ1v) is 7.94. The molecule has 1 aromatic rings. The maximum Gasteiger partial charge on any atom is 0.0445 e. The van der Waals surface area contributed by atoms with E-state index in [9.17, 15) is 5.11 Å². The minimum Gasteiger partial charge on any atom is -0.396 e. The number of piperidine rings is 1. The number of nitrogens with one attached hydrogen (secondary N) is 1. The van der Waals surface area contributed by atoms with Gasteiger partial charge in [0.15, 0.2) is 0 Å². The highest BCUT2D eigenvalue weighted by atomic mass is 16.3. The van der Waals surface area contributed by atoms with Gasteiger partial charge in [-0.15, -0.1) is 0 Å². The first-order valence-electron chi connectivity index (χ1n) is 7.94. The van der Waals surface area contributed by atoms with Crippen molar-refractivity contribution in [3.63, 3.8) is 0 Å². The Morgan fingerprint density at radius 3 is 2.85 bits per heavy atom. The molecule has 1 fully saturated rings. The molecule has 0 unspecified atom stereocenters. The number of nitrogens with zero attached hydrogens (tertiary/aromatic N) is 1. The van der Waals surface area contributed by atoms with Gasteiger partial charge in [0.2, 0.25) is 0 Å². The third-order valence-electron chi connectivity index (χ3n) is 4.27. The average molecular weight is 276 g/mol. The molecule has 20 heavy (non-hydrogen) atoms. The number of likely N-dealkylation sites (tertiary alicyclic amines) is 1. The van der Waals surface area contributed by atoms with Crippen LogP contribution in [0.1, 0.15) is 31.7 Å². The van der Waals surface area contributed by atoms with E-state index in [2.05, 4.69) is 47.5 Å². The van der Waals surface area contributed by atoms with Crippen molar-refractivity contribution in [3.05, 3.63) is 35.9 Å².